The molecule has 1 aromatic carbocycles. The molecule has 100 valence electrons. The summed E-state index contributed by atoms with van der Waals surface area (Å²) in [4.78, 5) is 22.4. The van der Waals surface area contributed by atoms with Crippen molar-refractivity contribution >= 4 is 17.6 Å². The minimum Gasteiger partial charge on any atom is -0.507 e. The van der Waals surface area contributed by atoms with Crippen molar-refractivity contribution in [1.82, 2.24) is 0 Å². The van der Waals surface area contributed by atoms with E-state index in [2.05, 4.69) is 11.2 Å². The standard InChI is InChI=1S/C14H15NO4/c1-2-3-4-5-6-13(17)15-10-7-8-12(16)11(9-10)14(18)19/h1,7-9,16H,3-6H2,(H,15,17)(H,18,19). The number of terminal acetylenes is 1. The molecule has 0 atom stereocenters. The van der Waals surface area contributed by atoms with Crippen LogP contribution in [0.25, 0.3) is 0 Å². The summed E-state index contributed by atoms with van der Waals surface area (Å²) in [5.74, 6) is 0.702. The molecule has 0 heterocycles. The Bertz CT molecular complexity index is 517. The molecule has 0 fully saturated rings. The van der Waals surface area contributed by atoms with Crippen LogP contribution in [-0.4, -0.2) is 22.1 Å². The normalized spacial score (nSPS) is 9.63. The fourth-order valence-electron chi connectivity index (χ4n) is 1.52. The Morgan fingerprint density at radius 2 is 2.05 bits per heavy atom. The Kier molecular flexibility index (Phi) is 5.42. The van der Waals surface area contributed by atoms with Gasteiger partial charge in [-0.15, -0.1) is 12.3 Å². The highest BCUT2D eigenvalue weighted by Crippen LogP contribution is 2.21. The Balaban J connectivity index is 2.58. The minimum absolute atomic E-state index is 0.209. The van der Waals surface area contributed by atoms with E-state index >= 15 is 0 Å². The van der Waals surface area contributed by atoms with Crippen molar-refractivity contribution in [3.63, 3.8) is 0 Å². The highest BCUT2D eigenvalue weighted by molar-refractivity contribution is 5.95. The molecule has 5 nitrogen and oxygen atoms in total. The summed E-state index contributed by atoms with van der Waals surface area (Å²) in [6.07, 6.45) is 7.52. The number of hydrogen-bond donors (Lipinski definition) is 3. The van der Waals surface area contributed by atoms with Crippen molar-refractivity contribution in [3.05, 3.63) is 23.8 Å². The van der Waals surface area contributed by atoms with Gasteiger partial charge in [-0.25, -0.2) is 4.79 Å². The number of carboxylic acid groups (broad SMARTS) is 1. The molecule has 0 saturated heterocycles. The molecular formula is C14H15NO4. The van der Waals surface area contributed by atoms with Gasteiger partial charge in [0.15, 0.2) is 0 Å². The molecule has 0 unspecified atom stereocenters. The highest BCUT2D eigenvalue weighted by atomic mass is 16.4. The average Bonchev–Trinajstić information content (AvgIpc) is 2.36. The molecule has 0 radical (unpaired) electrons. The fourth-order valence-corrected chi connectivity index (χ4v) is 1.52. The van der Waals surface area contributed by atoms with Gasteiger partial charge in [-0.1, -0.05) is 0 Å². The van der Waals surface area contributed by atoms with Crippen LogP contribution in [0.15, 0.2) is 18.2 Å². The second-order valence-corrected chi connectivity index (χ2v) is 4.00. The number of aromatic hydroxyl groups is 1. The van der Waals surface area contributed by atoms with Gasteiger partial charge in [0, 0.05) is 18.5 Å². The maximum atomic E-state index is 11.6. The molecule has 19 heavy (non-hydrogen) atoms. The Morgan fingerprint density at radius 1 is 1.32 bits per heavy atom. The number of carbonyl (C=O) groups is 2. The molecular weight excluding hydrogens is 246 g/mol. The first-order chi connectivity index (χ1) is 9.04. The second-order valence-electron chi connectivity index (χ2n) is 4.00. The van der Waals surface area contributed by atoms with Gasteiger partial charge >= 0.3 is 5.97 Å². The van der Waals surface area contributed by atoms with E-state index < -0.39 is 5.97 Å². The molecule has 0 saturated carbocycles. The summed E-state index contributed by atoms with van der Waals surface area (Å²) < 4.78 is 0. The maximum Gasteiger partial charge on any atom is 0.339 e. The Morgan fingerprint density at radius 3 is 2.68 bits per heavy atom. The molecule has 1 aromatic rings. The van der Waals surface area contributed by atoms with Gasteiger partial charge in [0.05, 0.1) is 0 Å². The largest absolute Gasteiger partial charge is 0.507 e. The molecule has 3 N–H and O–H groups in total. The lowest BCUT2D eigenvalue weighted by Crippen LogP contribution is -2.11. The summed E-state index contributed by atoms with van der Waals surface area (Å²) in [6.45, 7) is 0. The number of aromatic carboxylic acids is 1. The van der Waals surface area contributed by atoms with Gasteiger partial charge in [0.1, 0.15) is 11.3 Å². The third-order valence-electron chi connectivity index (χ3n) is 2.49. The van der Waals surface area contributed by atoms with Gasteiger partial charge < -0.3 is 15.5 Å². The van der Waals surface area contributed by atoms with E-state index in [1.807, 2.05) is 0 Å². The first-order valence-electron chi connectivity index (χ1n) is 5.84. The maximum absolute atomic E-state index is 11.6. The van der Waals surface area contributed by atoms with Gasteiger partial charge in [0.2, 0.25) is 5.91 Å². The van der Waals surface area contributed by atoms with Crippen molar-refractivity contribution in [2.45, 2.75) is 25.7 Å². The van der Waals surface area contributed by atoms with E-state index in [1.165, 1.54) is 18.2 Å². The zero-order valence-corrected chi connectivity index (χ0v) is 10.3. The van der Waals surface area contributed by atoms with E-state index in [1.54, 1.807) is 0 Å². The van der Waals surface area contributed by atoms with E-state index in [9.17, 15) is 14.7 Å². The predicted octanol–water partition coefficient (Wildman–Crippen LogP) is 2.22. The van der Waals surface area contributed by atoms with Crippen LogP contribution in [0.3, 0.4) is 0 Å². The quantitative estimate of drug-likeness (QED) is 0.416. The monoisotopic (exact) mass is 261 g/mol. The molecule has 0 spiro atoms. The molecule has 0 aliphatic carbocycles. The van der Waals surface area contributed by atoms with E-state index in [4.69, 9.17) is 11.5 Å². The molecule has 0 aliphatic heterocycles. The van der Waals surface area contributed by atoms with E-state index in [0.717, 1.165) is 6.42 Å². The van der Waals surface area contributed by atoms with Crippen molar-refractivity contribution < 1.29 is 19.8 Å². The summed E-state index contributed by atoms with van der Waals surface area (Å²) in [5.41, 5.74) is 0.0993. The Hall–Kier alpha value is -2.48. The van der Waals surface area contributed by atoms with Gasteiger partial charge in [-0.3, -0.25) is 4.79 Å². The summed E-state index contributed by atoms with van der Waals surface area (Å²) >= 11 is 0. The summed E-state index contributed by atoms with van der Waals surface area (Å²) in [6, 6.07) is 3.90. The molecule has 1 rings (SSSR count). The third kappa shape index (κ3) is 4.72. The summed E-state index contributed by atoms with van der Waals surface area (Å²) in [5, 5.41) is 20.7. The number of anilines is 1. The van der Waals surface area contributed by atoms with Crippen LogP contribution in [0.2, 0.25) is 0 Å². The first kappa shape index (κ1) is 14.6. The number of nitrogens with one attached hydrogen (secondary N) is 1. The number of unbranched alkanes of at least 4 members (excludes halogenated alkanes) is 2. The number of carbonyl (C=O) groups excluding carboxylic acids is 1. The molecule has 0 aromatic heterocycles. The van der Waals surface area contributed by atoms with Gasteiger partial charge in [0.25, 0.3) is 0 Å². The van der Waals surface area contributed by atoms with Crippen LogP contribution >= 0.6 is 0 Å². The number of rotatable bonds is 6. The lowest BCUT2D eigenvalue weighted by atomic mass is 10.1. The van der Waals surface area contributed by atoms with Crippen LogP contribution in [0.5, 0.6) is 5.75 Å². The molecule has 5 heteroatoms. The smallest absolute Gasteiger partial charge is 0.339 e. The van der Waals surface area contributed by atoms with Crippen LogP contribution < -0.4 is 5.32 Å². The first-order valence-corrected chi connectivity index (χ1v) is 5.84. The van der Waals surface area contributed by atoms with E-state index in [-0.39, 0.29) is 17.2 Å². The Labute approximate surface area is 111 Å². The number of carboxylic acids is 1. The average molecular weight is 261 g/mol. The minimum atomic E-state index is -1.25. The van der Waals surface area contributed by atoms with Crippen LogP contribution in [0.1, 0.15) is 36.0 Å². The third-order valence-corrected chi connectivity index (χ3v) is 2.49. The highest BCUT2D eigenvalue weighted by Gasteiger charge is 2.11. The number of benzene rings is 1. The van der Waals surface area contributed by atoms with Crippen LogP contribution in [0.4, 0.5) is 5.69 Å². The van der Waals surface area contributed by atoms with Crippen LogP contribution in [-0.2, 0) is 4.79 Å². The topological polar surface area (TPSA) is 86.6 Å². The lowest BCUT2D eigenvalue weighted by Gasteiger charge is -2.07. The fraction of sp³-hybridized carbons (Fsp3) is 0.286. The van der Waals surface area contributed by atoms with Gasteiger partial charge in [-0.2, -0.15) is 0 Å². The SMILES string of the molecule is C#CCCCCC(=O)Nc1ccc(O)c(C(=O)O)c1. The van der Waals surface area contributed by atoms with Crippen molar-refractivity contribution in [3.8, 4) is 18.1 Å². The van der Waals surface area contributed by atoms with Gasteiger partial charge in [-0.05, 0) is 31.0 Å². The van der Waals surface area contributed by atoms with Crippen molar-refractivity contribution in [2.24, 2.45) is 0 Å². The molecule has 1 amide bonds. The number of hydrogen-bond acceptors (Lipinski definition) is 3. The van der Waals surface area contributed by atoms with Crippen LogP contribution in [0, 0.1) is 12.3 Å². The number of amides is 1. The second kappa shape index (κ2) is 7.07. The van der Waals surface area contributed by atoms with Crippen molar-refractivity contribution in [2.75, 3.05) is 5.32 Å². The van der Waals surface area contributed by atoms with Crippen molar-refractivity contribution in [1.29, 1.82) is 0 Å². The molecule has 0 bridgehead atoms. The number of phenols is 1. The zero-order valence-electron chi connectivity index (χ0n) is 10.3. The molecule has 0 aliphatic rings. The summed E-state index contributed by atoms with van der Waals surface area (Å²) in [7, 11) is 0. The van der Waals surface area contributed by atoms with E-state index in [0.29, 0.717) is 24.9 Å². The lowest BCUT2D eigenvalue weighted by molar-refractivity contribution is -0.116. The predicted molar refractivity (Wildman–Crippen MR) is 71.0 cm³/mol. The zero-order chi connectivity index (χ0) is 14.3.